The van der Waals surface area contributed by atoms with Gasteiger partial charge >= 0.3 is 0 Å². The predicted octanol–water partition coefficient (Wildman–Crippen LogP) is 2.71. The fraction of sp³-hybridized carbons (Fsp3) is 0.533. The first-order chi connectivity index (χ1) is 8.90. The largest absolute Gasteiger partial charge is 0.345 e. The molecule has 0 saturated carbocycles. The molecule has 0 aromatic heterocycles. The van der Waals surface area contributed by atoms with Gasteiger partial charge in [0, 0.05) is 24.7 Å². The molecule has 0 spiro atoms. The van der Waals surface area contributed by atoms with E-state index in [4.69, 9.17) is 17.3 Å². The van der Waals surface area contributed by atoms with E-state index in [2.05, 4.69) is 13.8 Å². The molecule has 1 atom stereocenters. The summed E-state index contributed by atoms with van der Waals surface area (Å²) in [7, 11) is 1.82. The molecule has 0 fully saturated rings. The number of halogens is 1. The number of likely N-dealkylation sites (N-methyl/N-ethyl adjacent to an activating group) is 1. The molecule has 4 heteroatoms. The van der Waals surface area contributed by atoms with Crippen LogP contribution >= 0.6 is 11.6 Å². The number of nitrogens with two attached hydrogens (primary N) is 1. The van der Waals surface area contributed by atoms with Crippen LogP contribution in [0.4, 0.5) is 0 Å². The zero-order valence-electron chi connectivity index (χ0n) is 11.9. The average molecular weight is 283 g/mol. The zero-order chi connectivity index (χ0) is 14.4. The molecule has 1 aromatic rings. The van der Waals surface area contributed by atoms with Crippen LogP contribution in [0.15, 0.2) is 24.3 Å². The minimum absolute atomic E-state index is 0.0956. The van der Waals surface area contributed by atoms with E-state index >= 15 is 0 Å². The number of carbonyl (C=O) groups is 1. The van der Waals surface area contributed by atoms with Crippen LogP contribution in [0.1, 0.15) is 25.8 Å². The average Bonchev–Trinajstić information content (AvgIpc) is 2.35. The van der Waals surface area contributed by atoms with E-state index in [0.29, 0.717) is 23.9 Å². The zero-order valence-corrected chi connectivity index (χ0v) is 12.7. The van der Waals surface area contributed by atoms with Crippen molar-refractivity contribution in [3.63, 3.8) is 0 Å². The van der Waals surface area contributed by atoms with Crippen LogP contribution in [-0.2, 0) is 11.2 Å². The molecule has 1 amide bonds. The molecule has 1 rings (SSSR count). The lowest BCUT2D eigenvalue weighted by molar-refractivity contribution is -0.129. The molecule has 0 saturated heterocycles. The Morgan fingerprint density at radius 3 is 2.68 bits per heavy atom. The maximum absolute atomic E-state index is 12.0. The van der Waals surface area contributed by atoms with Gasteiger partial charge in [0.05, 0.1) is 6.42 Å². The second kappa shape index (κ2) is 7.51. The predicted molar refractivity (Wildman–Crippen MR) is 80.2 cm³/mol. The third-order valence-corrected chi connectivity index (χ3v) is 3.56. The lowest BCUT2D eigenvalue weighted by Gasteiger charge is -2.21. The quantitative estimate of drug-likeness (QED) is 0.872. The van der Waals surface area contributed by atoms with Crippen molar-refractivity contribution in [2.45, 2.75) is 32.7 Å². The summed E-state index contributed by atoms with van der Waals surface area (Å²) in [6.45, 7) is 4.88. The normalized spacial score (nSPS) is 12.5. The molecular formula is C15H23ClN2O. The molecule has 0 bridgehead atoms. The van der Waals surface area contributed by atoms with Crippen molar-refractivity contribution < 1.29 is 4.79 Å². The highest BCUT2D eigenvalue weighted by Gasteiger charge is 2.13. The first-order valence-corrected chi connectivity index (χ1v) is 7.02. The summed E-state index contributed by atoms with van der Waals surface area (Å²) in [5.74, 6) is 0.537. The summed E-state index contributed by atoms with van der Waals surface area (Å²) in [4.78, 5) is 13.8. The Morgan fingerprint density at radius 2 is 2.11 bits per heavy atom. The fourth-order valence-electron chi connectivity index (χ4n) is 1.76. The molecule has 3 nitrogen and oxygen atoms in total. The SMILES string of the molecule is CC(C)[C@H](N)CCN(C)C(=O)Cc1cccc(Cl)c1. The van der Waals surface area contributed by atoms with E-state index in [1.54, 1.807) is 11.0 Å². The first-order valence-electron chi connectivity index (χ1n) is 6.64. The molecule has 0 aliphatic rings. The summed E-state index contributed by atoms with van der Waals surface area (Å²) >= 11 is 5.90. The summed E-state index contributed by atoms with van der Waals surface area (Å²) in [5.41, 5.74) is 6.92. The van der Waals surface area contributed by atoms with E-state index in [9.17, 15) is 4.79 Å². The summed E-state index contributed by atoms with van der Waals surface area (Å²) in [5, 5.41) is 0.662. The van der Waals surface area contributed by atoms with Crippen LogP contribution in [0.2, 0.25) is 5.02 Å². The van der Waals surface area contributed by atoms with E-state index in [0.717, 1.165) is 12.0 Å². The first kappa shape index (κ1) is 16.0. The molecule has 0 heterocycles. The molecule has 1 aromatic carbocycles. The molecule has 0 unspecified atom stereocenters. The van der Waals surface area contributed by atoms with E-state index < -0.39 is 0 Å². The van der Waals surface area contributed by atoms with Gasteiger partial charge in [-0.05, 0) is 30.0 Å². The topological polar surface area (TPSA) is 46.3 Å². The number of carbonyl (C=O) groups excluding carboxylic acids is 1. The number of rotatable bonds is 6. The second-order valence-electron chi connectivity index (χ2n) is 5.32. The highest BCUT2D eigenvalue weighted by molar-refractivity contribution is 6.30. The van der Waals surface area contributed by atoms with Crippen LogP contribution < -0.4 is 5.73 Å². The Morgan fingerprint density at radius 1 is 1.42 bits per heavy atom. The molecular weight excluding hydrogens is 260 g/mol. The third-order valence-electron chi connectivity index (χ3n) is 3.32. The van der Waals surface area contributed by atoms with Gasteiger partial charge in [-0.2, -0.15) is 0 Å². The minimum atomic E-state index is 0.0956. The van der Waals surface area contributed by atoms with E-state index in [1.165, 1.54) is 0 Å². The smallest absolute Gasteiger partial charge is 0.226 e. The van der Waals surface area contributed by atoms with Crippen molar-refractivity contribution in [3.05, 3.63) is 34.9 Å². The Kier molecular flexibility index (Phi) is 6.32. The maximum atomic E-state index is 12.0. The van der Waals surface area contributed by atoms with Crippen LogP contribution in [0.3, 0.4) is 0 Å². The summed E-state index contributed by atoms with van der Waals surface area (Å²) in [6.07, 6.45) is 1.21. The van der Waals surface area contributed by atoms with Crippen LogP contribution in [0.5, 0.6) is 0 Å². The van der Waals surface area contributed by atoms with Crippen molar-refractivity contribution in [3.8, 4) is 0 Å². The number of benzene rings is 1. The van der Waals surface area contributed by atoms with Gasteiger partial charge in [-0.15, -0.1) is 0 Å². The lowest BCUT2D eigenvalue weighted by atomic mass is 10.0. The van der Waals surface area contributed by atoms with E-state index in [1.807, 2.05) is 25.2 Å². The van der Waals surface area contributed by atoms with Gasteiger partial charge in [-0.25, -0.2) is 0 Å². The van der Waals surface area contributed by atoms with Crippen molar-refractivity contribution >= 4 is 17.5 Å². The highest BCUT2D eigenvalue weighted by atomic mass is 35.5. The fourth-order valence-corrected chi connectivity index (χ4v) is 1.97. The molecule has 106 valence electrons. The van der Waals surface area contributed by atoms with E-state index in [-0.39, 0.29) is 11.9 Å². The molecule has 19 heavy (non-hydrogen) atoms. The minimum Gasteiger partial charge on any atom is -0.345 e. The molecule has 0 radical (unpaired) electrons. The van der Waals surface area contributed by atoms with Gasteiger partial charge in [0.25, 0.3) is 0 Å². The number of nitrogens with zero attached hydrogens (tertiary/aromatic N) is 1. The van der Waals surface area contributed by atoms with Crippen molar-refractivity contribution in [2.75, 3.05) is 13.6 Å². The van der Waals surface area contributed by atoms with Gasteiger partial charge in [0.1, 0.15) is 0 Å². The molecule has 0 aliphatic heterocycles. The van der Waals surface area contributed by atoms with Gasteiger partial charge in [-0.1, -0.05) is 37.6 Å². The van der Waals surface area contributed by atoms with Crippen molar-refractivity contribution in [1.29, 1.82) is 0 Å². The monoisotopic (exact) mass is 282 g/mol. The van der Waals surface area contributed by atoms with Crippen LogP contribution in [-0.4, -0.2) is 30.4 Å². The Labute approximate surface area is 120 Å². The summed E-state index contributed by atoms with van der Waals surface area (Å²) < 4.78 is 0. The highest BCUT2D eigenvalue weighted by Crippen LogP contribution is 2.12. The standard InChI is InChI=1S/C15H23ClN2O/c1-11(2)14(17)7-8-18(3)15(19)10-12-5-4-6-13(16)9-12/h4-6,9,11,14H,7-8,10,17H2,1-3H3/t14-/m1/s1. The number of hydrogen-bond acceptors (Lipinski definition) is 2. The summed E-state index contributed by atoms with van der Waals surface area (Å²) in [6, 6.07) is 7.55. The van der Waals surface area contributed by atoms with Gasteiger partial charge < -0.3 is 10.6 Å². The van der Waals surface area contributed by atoms with Crippen molar-refractivity contribution in [1.82, 2.24) is 4.90 Å². The Hall–Kier alpha value is -1.06. The van der Waals surface area contributed by atoms with Gasteiger partial charge in [-0.3, -0.25) is 4.79 Å². The van der Waals surface area contributed by atoms with Gasteiger partial charge in [0.15, 0.2) is 0 Å². The number of hydrogen-bond donors (Lipinski definition) is 1. The Bertz CT molecular complexity index is 420. The molecule has 0 aliphatic carbocycles. The second-order valence-corrected chi connectivity index (χ2v) is 5.75. The van der Waals surface area contributed by atoms with Crippen molar-refractivity contribution in [2.24, 2.45) is 11.7 Å². The lowest BCUT2D eigenvalue weighted by Crippen LogP contribution is -2.35. The third kappa shape index (κ3) is 5.62. The number of amides is 1. The molecule has 2 N–H and O–H groups in total. The van der Waals surface area contributed by atoms with Crippen LogP contribution in [0, 0.1) is 5.92 Å². The van der Waals surface area contributed by atoms with Crippen LogP contribution in [0.25, 0.3) is 0 Å². The van der Waals surface area contributed by atoms with Gasteiger partial charge in [0.2, 0.25) is 5.91 Å². The maximum Gasteiger partial charge on any atom is 0.226 e. The Balaban J connectivity index is 2.45.